The molecule has 1 heterocycles. The van der Waals surface area contributed by atoms with Gasteiger partial charge < -0.3 is 5.73 Å². The summed E-state index contributed by atoms with van der Waals surface area (Å²) in [5, 5.41) is 0. The zero-order chi connectivity index (χ0) is 14.6. The molecule has 1 fully saturated rings. The van der Waals surface area contributed by atoms with Crippen molar-refractivity contribution < 1.29 is 13.2 Å². The monoisotopic (exact) mass is 286 g/mol. The third kappa shape index (κ3) is 3.96. The van der Waals surface area contributed by atoms with E-state index in [2.05, 4.69) is 4.90 Å². The molecule has 2 N–H and O–H groups in total. The number of nitrogens with zero attached hydrogens (tertiary/aromatic N) is 1. The largest absolute Gasteiger partial charge is 0.416 e. The Balaban J connectivity index is 2.04. The normalized spacial score (nSPS) is 21.7. The molecular weight excluding hydrogens is 265 g/mol. The van der Waals surface area contributed by atoms with Gasteiger partial charge in [-0.3, -0.25) is 4.90 Å². The van der Waals surface area contributed by atoms with Gasteiger partial charge in [-0.1, -0.05) is 25.0 Å². The molecule has 1 aromatic carbocycles. The first kappa shape index (κ1) is 15.3. The fourth-order valence-electron chi connectivity index (χ4n) is 2.75. The summed E-state index contributed by atoms with van der Waals surface area (Å²) in [6.45, 7) is 2.27. The highest BCUT2D eigenvalue weighted by atomic mass is 19.4. The van der Waals surface area contributed by atoms with Crippen molar-refractivity contribution in [1.82, 2.24) is 4.90 Å². The number of rotatable bonds is 3. The molecule has 112 valence electrons. The molecule has 0 aromatic heterocycles. The Labute approximate surface area is 117 Å². The molecule has 1 atom stereocenters. The molecule has 1 aromatic rings. The minimum Gasteiger partial charge on any atom is -0.329 e. The summed E-state index contributed by atoms with van der Waals surface area (Å²) in [6, 6.07) is 5.80. The van der Waals surface area contributed by atoms with Crippen LogP contribution in [0.15, 0.2) is 24.3 Å². The molecule has 2 rings (SSSR count). The lowest BCUT2D eigenvalue weighted by Gasteiger charge is -2.29. The van der Waals surface area contributed by atoms with Crippen LogP contribution in [0.1, 0.15) is 36.8 Å². The Morgan fingerprint density at radius 3 is 2.40 bits per heavy atom. The summed E-state index contributed by atoms with van der Waals surface area (Å²) in [5.41, 5.74) is 6.13. The van der Waals surface area contributed by atoms with Crippen LogP contribution in [0.3, 0.4) is 0 Å². The lowest BCUT2D eigenvalue weighted by atomic mass is 10.1. The summed E-state index contributed by atoms with van der Waals surface area (Å²) in [4.78, 5) is 2.30. The summed E-state index contributed by atoms with van der Waals surface area (Å²) < 4.78 is 37.6. The maximum absolute atomic E-state index is 12.5. The quantitative estimate of drug-likeness (QED) is 0.922. The first-order chi connectivity index (χ1) is 9.50. The summed E-state index contributed by atoms with van der Waals surface area (Å²) in [5.74, 6) is 0. The molecule has 0 spiro atoms. The second-order valence-electron chi connectivity index (χ2n) is 5.40. The predicted molar refractivity (Wildman–Crippen MR) is 73.2 cm³/mol. The van der Waals surface area contributed by atoms with Crippen molar-refractivity contribution in [2.24, 2.45) is 5.73 Å². The van der Waals surface area contributed by atoms with Gasteiger partial charge in [-0.05, 0) is 37.1 Å². The SMILES string of the molecule is NCC1CCCCCN1Cc1ccc(C(F)(F)F)cc1. The van der Waals surface area contributed by atoms with Gasteiger partial charge in [-0.2, -0.15) is 13.2 Å². The first-order valence-electron chi connectivity index (χ1n) is 7.11. The van der Waals surface area contributed by atoms with Gasteiger partial charge in [0.1, 0.15) is 0 Å². The Morgan fingerprint density at radius 2 is 1.80 bits per heavy atom. The highest BCUT2D eigenvalue weighted by Gasteiger charge is 2.30. The molecule has 0 radical (unpaired) electrons. The first-order valence-corrected chi connectivity index (χ1v) is 7.11. The van der Waals surface area contributed by atoms with E-state index in [-0.39, 0.29) is 0 Å². The van der Waals surface area contributed by atoms with E-state index in [0.29, 0.717) is 19.1 Å². The van der Waals surface area contributed by atoms with Gasteiger partial charge >= 0.3 is 6.18 Å². The van der Waals surface area contributed by atoms with Crippen LogP contribution in [0.4, 0.5) is 13.2 Å². The van der Waals surface area contributed by atoms with Gasteiger partial charge in [0.2, 0.25) is 0 Å². The van der Waals surface area contributed by atoms with Crippen LogP contribution in [0.5, 0.6) is 0 Å². The molecule has 1 aliphatic heterocycles. The molecule has 0 bridgehead atoms. The van der Waals surface area contributed by atoms with Gasteiger partial charge in [0.05, 0.1) is 5.56 Å². The molecule has 0 amide bonds. The van der Waals surface area contributed by atoms with Crippen molar-refractivity contribution >= 4 is 0 Å². The third-order valence-corrected chi connectivity index (χ3v) is 3.94. The van der Waals surface area contributed by atoms with Gasteiger partial charge in [-0.15, -0.1) is 0 Å². The molecule has 2 nitrogen and oxygen atoms in total. The molecule has 20 heavy (non-hydrogen) atoms. The maximum atomic E-state index is 12.5. The van der Waals surface area contributed by atoms with Crippen LogP contribution in [0, 0.1) is 0 Å². The lowest BCUT2D eigenvalue weighted by molar-refractivity contribution is -0.137. The van der Waals surface area contributed by atoms with E-state index in [1.165, 1.54) is 12.8 Å². The number of benzene rings is 1. The van der Waals surface area contributed by atoms with Gasteiger partial charge in [-0.25, -0.2) is 0 Å². The number of hydrogen-bond acceptors (Lipinski definition) is 2. The van der Waals surface area contributed by atoms with Crippen molar-refractivity contribution in [3.63, 3.8) is 0 Å². The fourth-order valence-corrected chi connectivity index (χ4v) is 2.75. The minimum absolute atomic E-state index is 0.347. The van der Waals surface area contributed by atoms with Crippen molar-refractivity contribution in [3.05, 3.63) is 35.4 Å². The standard InChI is InChI=1S/C15H21F3N2/c16-15(17,18)13-7-5-12(6-8-13)11-20-9-3-1-2-4-14(20)10-19/h5-8,14H,1-4,9-11,19H2. The number of likely N-dealkylation sites (tertiary alicyclic amines) is 1. The van der Waals surface area contributed by atoms with Crippen LogP contribution in [-0.2, 0) is 12.7 Å². The van der Waals surface area contributed by atoms with Gasteiger partial charge in [0, 0.05) is 19.1 Å². The zero-order valence-electron chi connectivity index (χ0n) is 11.5. The molecule has 1 unspecified atom stereocenters. The summed E-state index contributed by atoms with van der Waals surface area (Å²) >= 11 is 0. The van der Waals surface area contributed by atoms with Crippen molar-refractivity contribution in [2.45, 2.75) is 44.4 Å². The average Bonchev–Trinajstić information content (AvgIpc) is 2.63. The van der Waals surface area contributed by atoms with E-state index in [9.17, 15) is 13.2 Å². The van der Waals surface area contributed by atoms with Crippen molar-refractivity contribution in [1.29, 1.82) is 0 Å². The highest BCUT2D eigenvalue weighted by Crippen LogP contribution is 2.29. The second kappa shape index (κ2) is 6.59. The molecule has 0 saturated carbocycles. The molecule has 5 heteroatoms. The minimum atomic E-state index is -4.26. The predicted octanol–water partition coefficient (Wildman–Crippen LogP) is 3.41. The Kier molecular flexibility index (Phi) is 5.05. The maximum Gasteiger partial charge on any atom is 0.416 e. The lowest BCUT2D eigenvalue weighted by Crippen LogP contribution is -2.39. The van der Waals surface area contributed by atoms with Gasteiger partial charge in [0.25, 0.3) is 0 Å². The van der Waals surface area contributed by atoms with E-state index < -0.39 is 11.7 Å². The van der Waals surface area contributed by atoms with Crippen LogP contribution in [0.25, 0.3) is 0 Å². The van der Waals surface area contributed by atoms with Crippen LogP contribution in [0.2, 0.25) is 0 Å². The van der Waals surface area contributed by atoms with Crippen molar-refractivity contribution in [2.75, 3.05) is 13.1 Å². The Hall–Kier alpha value is -1.07. The number of nitrogens with two attached hydrogens (primary N) is 1. The average molecular weight is 286 g/mol. The topological polar surface area (TPSA) is 29.3 Å². The van der Waals surface area contributed by atoms with Crippen LogP contribution in [-0.4, -0.2) is 24.0 Å². The molecule has 1 aliphatic rings. The number of hydrogen-bond donors (Lipinski definition) is 1. The van der Waals surface area contributed by atoms with E-state index in [1.807, 2.05) is 0 Å². The number of halogens is 3. The Bertz CT molecular complexity index is 414. The summed E-state index contributed by atoms with van der Waals surface area (Å²) in [7, 11) is 0. The van der Waals surface area contributed by atoms with Crippen LogP contribution < -0.4 is 5.73 Å². The van der Waals surface area contributed by atoms with Gasteiger partial charge in [0.15, 0.2) is 0 Å². The molecule has 1 saturated heterocycles. The molecule has 0 aliphatic carbocycles. The van der Waals surface area contributed by atoms with Crippen LogP contribution >= 0.6 is 0 Å². The van der Waals surface area contributed by atoms with E-state index >= 15 is 0 Å². The van der Waals surface area contributed by atoms with E-state index in [0.717, 1.165) is 37.1 Å². The highest BCUT2D eigenvalue weighted by molar-refractivity contribution is 5.24. The zero-order valence-corrected chi connectivity index (χ0v) is 11.5. The number of alkyl halides is 3. The fraction of sp³-hybridized carbons (Fsp3) is 0.600. The van der Waals surface area contributed by atoms with Crippen molar-refractivity contribution in [3.8, 4) is 0 Å². The Morgan fingerprint density at radius 1 is 1.10 bits per heavy atom. The van der Waals surface area contributed by atoms with E-state index in [1.54, 1.807) is 12.1 Å². The molecular formula is C15H21F3N2. The van der Waals surface area contributed by atoms with E-state index in [4.69, 9.17) is 5.73 Å². The smallest absolute Gasteiger partial charge is 0.329 e. The summed E-state index contributed by atoms with van der Waals surface area (Å²) in [6.07, 6.45) is 0.348. The third-order valence-electron chi connectivity index (χ3n) is 3.94. The second-order valence-corrected chi connectivity index (χ2v) is 5.40.